The molecule has 1 amide bonds. The number of nitrogens with one attached hydrogen (secondary N) is 2. The van der Waals surface area contributed by atoms with Crippen molar-refractivity contribution in [2.75, 3.05) is 18.5 Å². The van der Waals surface area contributed by atoms with Crippen LogP contribution in [0.25, 0.3) is 0 Å². The van der Waals surface area contributed by atoms with E-state index in [1.54, 1.807) is 0 Å². The van der Waals surface area contributed by atoms with Crippen LogP contribution in [0.15, 0.2) is 36.4 Å². The monoisotopic (exact) mass is 310 g/mol. The van der Waals surface area contributed by atoms with Gasteiger partial charge in [-0.1, -0.05) is 6.07 Å². The molecule has 2 N–H and O–H groups in total. The van der Waals surface area contributed by atoms with E-state index in [1.165, 1.54) is 0 Å². The van der Waals surface area contributed by atoms with Gasteiger partial charge in [0.05, 0.1) is 13.2 Å². The first-order valence-corrected chi connectivity index (χ1v) is 7.77. The maximum atomic E-state index is 12.5. The molecule has 2 aromatic carbocycles. The van der Waals surface area contributed by atoms with E-state index in [2.05, 4.69) is 10.6 Å². The predicted octanol–water partition coefficient (Wildman–Crippen LogP) is 2.45. The van der Waals surface area contributed by atoms with E-state index in [0.29, 0.717) is 25.4 Å². The maximum absolute atomic E-state index is 12.5. The van der Waals surface area contributed by atoms with E-state index in [4.69, 9.17) is 9.47 Å². The van der Waals surface area contributed by atoms with Gasteiger partial charge in [-0.15, -0.1) is 0 Å². The van der Waals surface area contributed by atoms with Crippen molar-refractivity contribution < 1.29 is 14.3 Å². The first kappa shape index (κ1) is 14.2. The summed E-state index contributed by atoms with van der Waals surface area (Å²) in [5.41, 5.74) is 4.74. The third-order valence-corrected chi connectivity index (χ3v) is 4.15. The second kappa shape index (κ2) is 6.02. The van der Waals surface area contributed by atoms with Gasteiger partial charge in [0.25, 0.3) is 5.91 Å². The largest absolute Gasteiger partial charge is 0.492 e. The van der Waals surface area contributed by atoms with E-state index in [1.807, 2.05) is 36.4 Å². The molecule has 4 rings (SSSR count). The molecular formula is C18H18N2O3. The Labute approximate surface area is 134 Å². The van der Waals surface area contributed by atoms with Crippen LogP contribution in [0, 0.1) is 0 Å². The third-order valence-electron chi connectivity index (χ3n) is 4.15. The van der Waals surface area contributed by atoms with Gasteiger partial charge in [0.1, 0.15) is 12.4 Å². The second-order valence-corrected chi connectivity index (χ2v) is 5.78. The molecule has 0 atom stereocenters. The van der Waals surface area contributed by atoms with E-state index in [0.717, 1.165) is 41.2 Å². The minimum atomic E-state index is -0.109. The fourth-order valence-electron chi connectivity index (χ4n) is 2.91. The van der Waals surface area contributed by atoms with Gasteiger partial charge in [0.15, 0.2) is 0 Å². The lowest BCUT2D eigenvalue weighted by atomic mass is 10.1. The summed E-state index contributed by atoms with van der Waals surface area (Å²) in [6.07, 6.45) is 0. The number of carbonyl (C=O) groups is 1. The zero-order valence-electron chi connectivity index (χ0n) is 12.7. The number of carbonyl (C=O) groups excluding carboxylic acids is 1. The van der Waals surface area contributed by atoms with Crippen LogP contribution in [0.3, 0.4) is 0 Å². The molecule has 0 radical (unpaired) electrons. The van der Waals surface area contributed by atoms with Gasteiger partial charge in [-0.25, -0.2) is 0 Å². The minimum Gasteiger partial charge on any atom is -0.492 e. The van der Waals surface area contributed by atoms with Crippen LogP contribution in [-0.4, -0.2) is 19.1 Å². The number of amides is 1. The van der Waals surface area contributed by atoms with E-state index in [-0.39, 0.29) is 5.91 Å². The maximum Gasteiger partial charge on any atom is 0.255 e. The standard InChI is InChI=1S/C18H18N2O3/c21-18(12-1-2-13-10-22-11-15(13)7-12)20-16-3-4-17-14(8-16)9-19-5-6-23-17/h1-4,7-8,19H,5-6,9-11H2,(H,20,21). The summed E-state index contributed by atoms with van der Waals surface area (Å²) < 4.78 is 11.0. The SMILES string of the molecule is O=C(Nc1ccc2c(c1)CNCCO2)c1ccc2c(c1)COC2. The van der Waals surface area contributed by atoms with Crippen LogP contribution in [0.5, 0.6) is 5.75 Å². The van der Waals surface area contributed by atoms with Gasteiger partial charge in [0, 0.05) is 29.9 Å². The van der Waals surface area contributed by atoms with Crippen molar-refractivity contribution in [3.05, 3.63) is 58.7 Å². The Morgan fingerprint density at radius 1 is 1.04 bits per heavy atom. The molecule has 0 spiro atoms. The molecule has 0 unspecified atom stereocenters. The summed E-state index contributed by atoms with van der Waals surface area (Å²) in [5, 5.41) is 6.25. The molecule has 0 saturated carbocycles. The van der Waals surface area contributed by atoms with Crippen molar-refractivity contribution >= 4 is 11.6 Å². The Balaban J connectivity index is 1.53. The average Bonchev–Trinajstić information content (AvgIpc) is 2.91. The first-order valence-electron chi connectivity index (χ1n) is 7.77. The van der Waals surface area contributed by atoms with Crippen molar-refractivity contribution in [3.8, 4) is 5.75 Å². The fourth-order valence-corrected chi connectivity index (χ4v) is 2.91. The predicted molar refractivity (Wildman–Crippen MR) is 86.5 cm³/mol. The summed E-state index contributed by atoms with van der Waals surface area (Å²) in [7, 11) is 0. The quantitative estimate of drug-likeness (QED) is 0.894. The molecule has 2 aliphatic heterocycles. The normalized spacial score (nSPS) is 16.0. The molecule has 0 bridgehead atoms. The number of fused-ring (bicyclic) bond motifs is 2. The van der Waals surface area contributed by atoms with Crippen LogP contribution in [0.2, 0.25) is 0 Å². The molecule has 23 heavy (non-hydrogen) atoms. The number of anilines is 1. The average molecular weight is 310 g/mol. The summed E-state index contributed by atoms with van der Waals surface area (Å²) >= 11 is 0. The first-order chi connectivity index (χ1) is 11.3. The number of benzene rings is 2. The van der Waals surface area contributed by atoms with Crippen molar-refractivity contribution in [2.24, 2.45) is 0 Å². The Morgan fingerprint density at radius 3 is 2.91 bits per heavy atom. The van der Waals surface area contributed by atoms with Crippen LogP contribution in [0.1, 0.15) is 27.0 Å². The van der Waals surface area contributed by atoms with Gasteiger partial charge >= 0.3 is 0 Å². The molecule has 5 nitrogen and oxygen atoms in total. The number of hydrogen-bond donors (Lipinski definition) is 2. The molecule has 5 heteroatoms. The molecule has 118 valence electrons. The van der Waals surface area contributed by atoms with Crippen LogP contribution >= 0.6 is 0 Å². The van der Waals surface area contributed by atoms with Crippen molar-refractivity contribution in [1.82, 2.24) is 5.32 Å². The van der Waals surface area contributed by atoms with Crippen LogP contribution < -0.4 is 15.4 Å². The lowest BCUT2D eigenvalue weighted by molar-refractivity contribution is 0.102. The highest BCUT2D eigenvalue weighted by Gasteiger charge is 2.15. The van der Waals surface area contributed by atoms with Crippen molar-refractivity contribution in [1.29, 1.82) is 0 Å². The van der Waals surface area contributed by atoms with Crippen molar-refractivity contribution in [3.63, 3.8) is 0 Å². The molecular weight excluding hydrogens is 292 g/mol. The summed E-state index contributed by atoms with van der Waals surface area (Å²) in [6, 6.07) is 11.5. The minimum absolute atomic E-state index is 0.109. The van der Waals surface area contributed by atoms with E-state index >= 15 is 0 Å². The molecule has 2 aliphatic rings. The van der Waals surface area contributed by atoms with Crippen molar-refractivity contribution in [2.45, 2.75) is 19.8 Å². The topological polar surface area (TPSA) is 59.6 Å². The molecule has 0 fully saturated rings. The number of hydrogen-bond acceptors (Lipinski definition) is 4. The summed E-state index contributed by atoms with van der Waals surface area (Å²) in [4.78, 5) is 12.5. The lowest BCUT2D eigenvalue weighted by Gasteiger charge is -2.10. The van der Waals surface area contributed by atoms with Crippen LogP contribution in [0.4, 0.5) is 5.69 Å². The number of ether oxygens (including phenoxy) is 2. The van der Waals surface area contributed by atoms with E-state index in [9.17, 15) is 4.79 Å². The molecule has 0 saturated heterocycles. The molecule has 2 heterocycles. The van der Waals surface area contributed by atoms with Gasteiger partial charge < -0.3 is 20.1 Å². The molecule has 2 aromatic rings. The van der Waals surface area contributed by atoms with Gasteiger partial charge in [-0.05, 0) is 41.5 Å². The Bertz CT molecular complexity index is 758. The molecule has 0 aromatic heterocycles. The highest BCUT2D eigenvalue weighted by molar-refractivity contribution is 6.04. The highest BCUT2D eigenvalue weighted by atomic mass is 16.5. The fraction of sp³-hybridized carbons (Fsp3) is 0.278. The zero-order valence-corrected chi connectivity index (χ0v) is 12.7. The van der Waals surface area contributed by atoms with Gasteiger partial charge in [0.2, 0.25) is 0 Å². The van der Waals surface area contributed by atoms with Gasteiger partial charge in [-0.3, -0.25) is 4.79 Å². The Morgan fingerprint density at radius 2 is 1.96 bits per heavy atom. The van der Waals surface area contributed by atoms with Crippen LogP contribution in [-0.2, 0) is 24.5 Å². The summed E-state index contributed by atoms with van der Waals surface area (Å²) in [6.45, 7) is 3.45. The van der Waals surface area contributed by atoms with E-state index < -0.39 is 0 Å². The summed E-state index contributed by atoms with van der Waals surface area (Å²) in [5.74, 6) is 0.768. The highest BCUT2D eigenvalue weighted by Crippen LogP contribution is 2.25. The third kappa shape index (κ3) is 2.93. The Hall–Kier alpha value is -2.37. The second-order valence-electron chi connectivity index (χ2n) is 5.78. The molecule has 0 aliphatic carbocycles. The Kier molecular flexibility index (Phi) is 3.73. The lowest BCUT2D eigenvalue weighted by Crippen LogP contribution is -2.16. The smallest absolute Gasteiger partial charge is 0.255 e. The zero-order chi connectivity index (χ0) is 15.6. The van der Waals surface area contributed by atoms with Gasteiger partial charge in [-0.2, -0.15) is 0 Å². The number of rotatable bonds is 2.